The first-order valence-electron chi connectivity index (χ1n) is 13.5. The number of benzene rings is 4. The van der Waals surface area contributed by atoms with E-state index in [9.17, 15) is 0 Å². The predicted molar refractivity (Wildman–Crippen MR) is 165 cm³/mol. The van der Waals surface area contributed by atoms with E-state index in [0.717, 1.165) is 26.2 Å². The lowest BCUT2D eigenvalue weighted by atomic mass is 9.98. The molecule has 0 bridgehead atoms. The Morgan fingerprint density at radius 3 is 1.82 bits per heavy atom. The molecule has 0 spiro atoms. The molecule has 0 unspecified atom stereocenters. The van der Waals surface area contributed by atoms with Crippen molar-refractivity contribution in [2.75, 3.05) is 27.2 Å². The molecule has 0 aliphatic heterocycles. The summed E-state index contributed by atoms with van der Waals surface area (Å²) in [6.45, 7) is 9.97. The molecule has 0 aliphatic rings. The van der Waals surface area contributed by atoms with E-state index < -0.39 is 0 Å². The first kappa shape index (κ1) is 27.4. The molecular formula is C36H40N2. The van der Waals surface area contributed by atoms with Crippen LogP contribution in [0.3, 0.4) is 0 Å². The van der Waals surface area contributed by atoms with Gasteiger partial charge < -0.3 is 0 Å². The molecular weight excluding hydrogens is 460 g/mol. The summed E-state index contributed by atoms with van der Waals surface area (Å²) in [5.74, 6) is 6.68. The van der Waals surface area contributed by atoms with Gasteiger partial charge in [-0.15, -0.1) is 0 Å². The second-order valence-electron chi connectivity index (χ2n) is 11.3. The summed E-state index contributed by atoms with van der Waals surface area (Å²) in [5, 5.41) is 5.24. The summed E-state index contributed by atoms with van der Waals surface area (Å²) in [7, 11) is 4.37. The van der Waals surface area contributed by atoms with Crippen LogP contribution in [0.5, 0.6) is 0 Å². The molecule has 0 fully saturated rings. The van der Waals surface area contributed by atoms with Crippen LogP contribution in [-0.4, -0.2) is 37.0 Å². The fraction of sp³-hybridized carbons (Fsp3) is 0.278. The van der Waals surface area contributed by atoms with E-state index in [-0.39, 0.29) is 5.41 Å². The number of rotatable bonds is 9. The first-order valence-corrected chi connectivity index (χ1v) is 13.5. The van der Waals surface area contributed by atoms with E-state index in [1.165, 1.54) is 38.2 Å². The average Bonchev–Trinajstić information content (AvgIpc) is 2.88. The fourth-order valence-electron chi connectivity index (χ4n) is 4.75. The average molecular weight is 501 g/mol. The molecule has 0 heterocycles. The zero-order valence-electron chi connectivity index (χ0n) is 23.5. The Labute approximate surface area is 229 Å². The van der Waals surface area contributed by atoms with Crippen molar-refractivity contribution in [2.24, 2.45) is 5.41 Å². The Bertz CT molecular complexity index is 1480. The lowest BCUT2D eigenvalue weighted by Crippen LogP contribution is -2.21. The van der Waals surface area contributed by atoms with Gasteiger partial charge in [0.25, 0.3) is 0 Å². The zero-order valence-corrected chi connectivity index (χ0v) is 23.5. The van der Waals surface area contributed by atoms with Gasteiger partial charge in [-0.2, -0.15) is 0 Å². The number of hydrogen-bond acceptors (Lipinski definition) is 2. The van der Waals surface area contributed by atoms with Crippen molar-refractivity contribution in [3.8, 4) is 11.8 Å². The van der Waals surface area contributed by atoms with Crippen LogP contribution in [0.4, 0.5) is 0 Å². The zero-order chi connectivity index (χ0) is 27.0. The summed E-state index contributed by atoms with van der Waals surface area (Å²) < 4.78 is 0. The highest BCUT2D eigenvalue weighted by Gasteiger charge is 2.07. The van der Waals surface area contributed by atoms with Gasteiger partial charge in [-0.3, -0.25) is 9.80 Å². The fourth-order valence-corrected chi connectivity index (χ4v) is 4.75. The maximum absolute atomic E-state index is 3.36. The van der Waals surface area contributed by atoms with Crippen molar-refractivity contribution in [1.29, 1.82) is 0 Å². The molecule has 0 aromatic heterocycles. The Kier molecular flexibility index (Phi) is 9.19. The molecule has 0 N–H and O–H groups in total. The predicted octanol–water partition coefficient (Wildman–Crippen LogP) is 8.09. The summed E-state index contributed by atoms with van der Waals surface area (Å²) >= 11 is 0. The van der Waals surface area contributed by atoms with Gasteiger partial charge in [0.2, 0.25) is 0 Å². The highest BCUT2D eigenvalue weighted by molar-refractivity contribution is 5.86. The molecule has 38 heavy (non-hydrogen) atoms. The maximum atomic E-state index is 3.36. The molecule has 2 nitrogen and oxygen atoms in total. The van der Waals surface area contributed by atoms with Crippen molar-refractivity contribution >= 4 is 21.5 Å². The largest absolute Gasteiger partial charge is 0.298 e. The van der Waals surface area contributed by atoms with E-state index in [1.54, 1.807) is 0 Å². The summed E-state index contributed by atoms with van der Waals surface area (Å²) in [6, 6.07) is 30.4. The topological polar surface area (TPSA) is 6.48 Å². The SMILES string of the molecule is CN(C/C=C/C(=C/C#CC(C)(C)C)CN(C)Cc1cccc2ccccc12)Cc1cccc2ccccc12. The lowest BCUT2D eigenvalue weighted by Gasteiger charge is -2.19. The molecule has 0 amide bonds. The summed E-state index contributed by atoms with van der Waals surface area (Å²) in [6.07, 6.45) is 6.60. The molecule has 2 heteroatoms. The van der Waals surface area contributed by atoms with Crippen molar-refractivity contribution in [1.82, 2.24) is 9.80 Å². The van der Waals surface area contributed by atoms with E-state index in [2.05, 4.69) is 160 Å². The van der Waals surface area contributed by atoms with Crippen molar-refractivity contribution in [3.05, 3.63) is 120 Å². The molecule has 4 rings (SSSR count). The second-order valence-corrected chi connectivity index (χ2v) is 11.3. The number of likely N-dealkylation sites (N-methyl/N-ethyl adjacent to an activating group) is 2. The van der Waals surface area contributed by atoms with Gasteiger partial charge in [0.1, 0.15) is 0 Å². The number of hydrogen-bond donors (Lipinski definition) is 0. The summed E-state index contributed by atoms with van der Waals surface area (Å²) in [5.41, 5.74) is 3.92. The lowest BCUT2D eigenvalue weighted by molar-refractivity contribution is 0.357. The van der Waals surface area contributed by atoms with Crippen molar-refractivity contribution in [2.45, 2.75) is 33.9 Å². The van der Waals surface area contributed by atoms with Gasteiger partial charge in [0, 0.05) is 31.6 Å². The van der Waals surface area contributed by atoms with Gasteiger partial charge in [0.15, 0.2) is 0 Å². The summed E-state index contributed by atoms with van der Waals surface area (Å²) in [4.78, 5) is 4.73. The van der Waals surface area contributed by atoms with Crippen LogP contribution < -0.4 is 0 Å². The minimum absolute atomic E-state index is 0.0150. The second kappa shape index (κ2) is 12.7. The minimum Gasteiger partial charge on any atom is -0.298 e. The number of fused-ring (bicyclic) bond motifs is 2. The standard InChI is InChI=1S/C36H40N2/c1-36(2,3)24-12-14-29(26-38(5)28-33-21-11-19-31-17-7-9-23-35(31)33)15-13-25-37(4)27-32-20-10-18-30-16-6-8-22-34(30)32/h6-11,13-23H,25-28H2,1-5H3/b15-13+,29-14-. The Morgan fingerprint density at radius 2 is 1.24 bits per heavy atom. The van der Waals surface area contributed by atoms with E-state index in [0.29, 0.717) is 0 Å². The first-order chi connectivity index (χ1) is 18.3. The highest BCUT2D eigenvalue weighted by Crippen LogP contribution is 2.21. The molecule has 0 radical (unpaired) electrons. The maximum Gasteiger partial charge on any atom is 0.0240 e. The van der Waals surface area contributed by atoms with Gasteiger partial charge >= 0.3 is 0 Å². The highest BCUT2D eigenvalue weighted by atomic mass is 15.1. The number of nitrogens with zero attached hydrogens (tertiary/aromatic N) is 2. The normalized spacial score (nSPS) is 12.6. The third kappa shape index (κ3) is 7.93. The van der Waals surface area contributed by atoms with Gasteiger partial charge in [0.05, 0.1) is 0 Å². The smallest absolute Gasteiger partial charge is 0.0240 e. The monoisotopic (exact) mass is 500 g/mol. The Morgan fingerprint density at radius 1 is 0.711 bits per heavy atom. The third-order valence-electron chi connectivity index (χ3n) is 6.55. The molecule has 4 aromatic rings. The van der Waals surface area contributed by atoms with E-state index in [4.69, 9.17) is 0 Å². The van der Waals surface area contributed by atoms with Gasteiger partial charge in [-0.25, -0.2) is 0 Å². The molecule has 0 saturated heterocycles. The number of allylic oxidation sites excluding steroid dienone is 1. The van der Waals surface area contributed by atoms with Crippen molar-refractivity contribution < 1.29 is 0 Å². The molecule has 0 atom stereocenters. The quantitative estimate of drug-likeness (QED) is 0.169. The Balaban J connectivity index is 1.45. The van der Waals surface area contributed by atoms with Gasteiger partial charge in [-0.05, 0) is 79.2 Å². The van der Waals surface area contributed by atoms with Crippen LogP contribution in [-0.2, 0) is 13.1 Å². The van der Waals surface area contributed by atoms with Crippen LogP contribution >= 0.6 is 0 Å². The van der Waals surface area contributed by atoms with E-state index in [1.807, 2.05) is 0 Å². The Hall–Kier alpha value is -3.64. The van der Waals surface area contributed by atoms with E-state index >= 15 is 0 Å². The van der Waals surface area contributed by atoms with Crippen LogP contribution in [0.1, 0.15) is 31.9 Å². The van der Waals surface area contributed by atoms with Crippen LogP contribution in [0.25, 0.3) is 21.5 Å². The minimum atomic E-state index is -0.0150. The van der Waals surface area contributed by atoms with Crippen molar-refractivity contribution in [3.63, 3.8) is 0 Å². The van der Waals surface area contributed by atoms with Crippen LogP contribution in [0.2, 0.25) is 0 Å². The molecule has 0 saturated carbocycles. The third-order valence-corrected chi connectivity index (χ3v) is 6.55. The molecule has 194 valence electrons. The van der Waals surface area contributed by atoms with Crippen LogP contribution in [0.15, 0.2) is 109 Å². The molecule has 4 aromatic carbocycles. The molecule has 0 aliphatic carbocycles. The van der Waals surface area contributed by atoms with Crippen LogP contribution in [0, 0.1) is 17.3 Å². The van der Waals surface area contributed by atoms with Gasteiger partial charge in [-0.1, -0.05) is 109 Å².